The molecule has 10 heteroatoms. The first kappa shape index (κ1) is 20.9. The summed E-state index contributed by atoms with van der Waals surface area (Å²) in [7, 11) is 0. The van der Waals surface area contributed by atoms with Crippen LogP contribution in [-0.4, -0.2) is 56.7 Å². The van der Waals surface area contributed by atoms with Crippen LogP contribution >= 0.6 is 22.9 Å². The Morgan fingerprint density at radius 1 is 1.03 bits per heavy atom. The van der Waals surface area contributed by atoms with Gasteiger partial charge in [-0.15, -0.1) is 0 Å². The summed E-state index contributed by atoms with van der Waals surface area (Å²) in [6, 6.07) is 16.6. The molecule has 5 heterocycles. The number of hydrogen-bond donors (Lipinski definition) is 0. The number of carbonyl (C=O) groups excluding carboxylic acids is 1. The molecule has 0 aliphatic carbocycles. The van der Waals surface area contributed by atoms with Gasteiger partial charge in [-0.25, -0.2) is 14.6 Å². The molecule has 170 valence electrons. The van der Waals surface area contributed by atoms with Crippen molar-refractivity contribution in [3.05, 3.63) is 77.8 Å². The molecule has 0 spiro atoms. The van der Waals surface area contributed by atoms with E-state index in [9.17, 15) is 4.79 Å². The Morgan fingerprint density at radius 3 is 2.68 bits per heavy atom. The van der Waals surface area contributed by atoms with Crippen molar-refractivity contribution >= 4 is 44.3 Å². The summed E-state index contributed by atoms with van der Waals surface area (Å²) in [6.45, 7) is 2.57. The number of halogens is 1. The highest BCUT2D eigenvalue weighted by Gasteiger charge is 2.27. The third kappa shape index (κ3) is 3.82. The number of benzene rings is 1. The molecule has 1 fully saturated rings. The fraction of sp³-hybridized carbons (Fsp3) is 0.167. The number of hydrogen-bond acceptors (Lipinski definition) is 7. The van der Waals surface area contributed by atoms with Gasteiger partial charge >= 0.3 is 0 Å². The van der Waals surface area contributed by atoms with Gasteiger partial charge in [0.25, 0.3) is 5.91 Å². The third-order valence-electron chi connectivity index (χ3n) is 5.75. The number of furan rings is 1. The predicted molar refractivity (Wildman–Crippen MR) is 132 cm³/mol. The molecule has 0 bridgehead atoms. The van der Waals surface area contributed by atoms with E-state index in [2.05, 4.69) is 15.0 Å². The Labute approximate surface area is 204 Å². The molecule has 1 aromatic carbocycles. The second-order valence-electron chi connectivity index (χ2n) is 7.89. The molecule has 6 rings (SSSR count). The van der Waals surface area contributed by atoms with Crippen LogP contribution in [0.2, 0.25) is 5.02 Å². The standard InChI is InChI=1S/C24H19ClN6O2S/c25-16-4-1-5-17(14-16)31-20(21-7-3-13-33-21)15-19(28-31)23(32)29-9-11-30(12-10-29)24-27-18-6-2-8-26-22(18)34-24/h1-8,13-15H,9-12H2. The van der Waals surface area contributed by atoms with Crippen LogP contribution < -0.4 is 4.90 Å². The van der Waals surface area contributed by atoms with Gasteiger partial charge in [0.2, 0.25) is 0 Å². The van der Waals surface area contributed by atoms with E-state index >= 15 is 0 Å². The summed E-state index contributed by atoms with van der Waals surface area (Å²) in [4.78, 5) is 27.4. The van der Waals surface area contributed by atoms with Gasteiger partial charge < -0.3 is 14.2 Å². The van der Waals surface area contributed by atoms with E-state index in [0.29, 0.717) is 48.3 Å². The molecule has 5 aromatic rings. The van der Waals surface area contributed by atoms with E-state index in [1.807, 2.05) is 41.3 Å². The average Bonchev–Trinajstić information content (AvgIpc) is 3.63. The van der Waals surface area contributed by atoms with Crippen LogP contribution in [0.1, 0.15) is 10.5 Å². The van der Waals surface area contributed by atoms with Gasteiger partial charge in [-0.05, 0) is 42.5 Å². The van der Waals surface area contributed by atoms with Gasteiger partial charge in [0.15, 0.2) is 16.6 Å². The minimum absolute atomic E-state index is 0.112. The number of anilines is 1. The normalized spacial score (nSPS) is 14.1. The summed E-state index contributed by atoms with van der Waals surface area (Å²) in [6.07, 6.45) is 3.38. The van der Waals surface area contributed by atoms with Gasteiger partial charge in [0, 0.05) is 43.5 Å². The molecule has 1 aliphatic heterocycles. The number of piperazine rings is 1. The van der Waals surface area contributed by atoms with E-state index in [1.165, 1.54) is 0 Å². The SMILES string of the molecule is O=C(c1cc(-c2ccco2)n(-c2cccc(Cl)c2)n1)N1CCN(c2nc3cccnc3s2)CC1. The zero-order chi connectivity index (χ0) is 23.1. The van der Waals surface area contributed by atoms with Crippen LogP contribution in [0.15, 0.2) is 71.5 Å². The van der Waals surface area contributed by atoms with E-state index in [0.717, 1.165) is 21.2 Å². The lowest BCUT2D eigenvalue weighted by Gasteiger charge is -2.34. The second kappa shape index (κ2) is 8.58. The topological polar surface area (TPSA) is 80.3 Å². The molecule has 0 unspecified atom stereocenters. The lowest BCUT2D eigenvalue weighted by molar-refractivity contribution is 0.0740. The first-order valence-corrected chi connectivity index (χ1v) is 12.0. The highest BCUT2D eigenvalue weighted by molar-refractivity contribution is 7.21. The molecule has 1 amide bonds. The molecular weight excluding hydrogens is 472 g/mol. The summed E-state index contributed by atoms with van der Waals surface area (Å²) in [5.74, 6) is 0.514. The molecule has 4 aromatic heterocycles. The summed E-state index contributed by atoms with van der Waals surface area (Å²) < 4.78 is 7.30. The van der Waals surface area contributed by atoms with Crippen LogP contribution in [0.5, 0.6) is 0 Å². The lowest BCUT2D eigenvalue weighted by Crippen LogP contribution is -2.48. The van der Waals surface area contributed by atoms with Crippen molar-refractivity contribution in [1.82, 2.24) is 24.6 Å². The van der Waals surface area contributed by atoms with E-state index in [1.54, 1.807) is 46.7 Å². The van der Waals surface area contributed by atoms with Crippen molar-refractivity contribution in [2.75, 3.05) is 31.1 Å². The first-order valence-electron chi connectivity index (χ1n) is 10.8. The molecule has 0 saturated carbocycles. The highest BCUT2D eigenvalue weighted by Crippen LogP contribution is 2.29. The number of fused-ring (bicyclic) bond motifs is 1. The molecule has 8 nitrogen and oxygen atoms in total. The Bertz CT molecular complexity index is 1440. The largest absolute Gasteiger partial charge is 0.463 e. The van der Waals surface area contributed by atoms with E-state index < -0.39 is 0 Å². The van der Waals surface area contributed by atoms with E-state index in [4.69, 9.17) is 21.0 Å². The van der Waals surface area contributed by atoms with Crippen LogP contribution in [0.4, 0.5) is 5.13 Å². The monoisotopic (exact) mass is 490 g/mol. The van der Waals surface area contributed by atoms with E-state index in [-0.39, 0.29) is 5.91 Å². The number of pyridine rings is 1. The van der Waals surface area contributed by atoms with Gasteiger partial charge in [-0.2, -0.15) is 5.10 Å². The molecule has 0 N–H and O–H groups in total. The van der Waals surface area contributed by atoms with Crippen molar-refractivity contribution < 1.29 is 9.21 Å². The van der Waals surface area contributed by atoms with Crippen LogP contribution in [0.3, 0.4) is 0 Å². The smallest absolute Gasteiger partial charge is 0.274 e. The third-order valence-corrected chi connectivity index (χ3v) is 7.02. The van der Waals surface area contributed by atoms with Crippen molar-refractivity contribution in [3.63, 3.8) is 0 Å². The molecule has 34 heavy (non-hydrogen) atoms. The minimum atomic E-state index is -0.112. The van der Waals surface area contributed by atoms with Crippen molar-refractivity contribution in [1.29, 1.82) is 0 Å². The van der Waals surface area contributed by atoms with Crippen molar-refractivity contribution in [3.8, 4) is 17.1 Å². The van der Waals surface area contributed by atoms with Gasteiger partial charge in [0.05, 0.1) is 12.0 Å². The van der Waals surface area contributed by atoms with Crippen LogP contribution in [-0.2, 0) is 0 Å². The van der Waals surface area contributed by atoms with Crippen LogP contribution in [0.25, 0.3) is 27.5 Å². The van der Waals surface area contributed by atoms with Gasteiger partial charge in [-0.1, -0.05) is 29.0 Å². The molecule has 0 atom stereocenters. The summed E-state index contributed by atoms with van der Waals surface area (Å²) in [5.41, 5.74) is 2.71. The Morgan fingerprint density at radius 2 is 1.91 bits per heavy atom. The zero-order valence-corrected chi connectivity index (χ0v) is 19.5. The number of amides is 1. The number of aromatic nitrogens is 4. The number of thiazole rings is 1. The fourth-order valence-electron chi connectivity index (χ4n) is 4.05. The highest BCUT2D eigenvalue weighted by atomic mass is 35.5. The van der Waals surface area contributed by atoms with Gasteiger partial charge in [-0.3, -0.25) is 4.79 Å². The number of nitrogens with zero attached hydrogens (tertiary/aromatic N) is 6. The first-order chi connectivity index (χ1) is 16.7. The maximum atomic E-state index is 13.4. The Hall–Kier alpha value is -3.69. The summed E-state index contributed by atoms with van der Waals surface area (Å²) >= 11 is 7.78. The lowest BCUT2D eigenvalue weighted by atomic mass is 10.2. The van der Waals surface area contributed by atoms with Crippen molar-refractivity contribution in [2.45, 2.75) is 0 Å². The number of rotatable bonds is 4. The molecule has 1 saturated heterocycles. The second-order valence-corrected chi connectivity index (χ2v) is 9.28. The van der Waals surface area contributed by atoms with Crippen molar-refractivity contribution in [2.24, 2.45) is 0 Å². The zero-order valence-electron chi connectivity index (χ0n) is 18.0. The minimum Gasteiger partial charge on any atom is -0.463 e. The Kier molecular flexibility index (Phi) is 5.27. The maximum Gasteiger partial charge on any atom is 0.274 e. The van der Waals surface area contributed by atoms with Crippen LogP contribution in [0, 0.1) is 0 Å². The maximum absolute atomic E-state index is 13.4. The predicted octanol–water partition coefficient (Wildman–Crippen LogP) is 4.75. The molecule has 1 aliphatic rings. The Balaban J connectivity index is 1.24. The number of carbonyl (C=O) groups is 1. The quantitative estimate of drug-likeness (QED) is 0.361. The summed E-state index contributed by atoms with van der Waals surface area (Å²) in [5, 5.41) is 6.16. The average molecular weight is 491 g/mol. The fourth-order valence-corrected chi connectivity index (χ4v) is 5.19. The van der Waals surface area contributed by atoms with Gasteiger partial charge in [0.1, 0.15) is 16.0 Å². The molecule has 0 radical (unpaired) electrons. The molecular formula is C24H19ClN6O2S.